The Kier molecular flexibility index (Phi) is 4.46. The maximum atomic E-state index is 10.5. The number of hydrogen-bond acceptors (Lipinski definition) is 2. The fourth-order valence-corrected chi connectivity index (χ4v) is 1.70. The molecule has 1 fully saturated rings. The van der Waals surface area contributed by atoms with Crippen molar-refractivity contribution < 1.29 is 4.79 Å². The van der Waals surface area contributed by atoms with Crippen molar-refractivity contribution in [3.8, 4) is 0 Å². The van der Waals surface area contributed by atoms with Gasteiger partial charge in [0, 0.05) is 18.0 Å². The summed E-state index contributed by atoms with van der Waals surface area (Å²) < 4.78 is 0. The molecule has 2 nitrogen and oxygen atoms in total. The summed E-state index contributed by atoms with van der Waals surface area (Å²) in [4.78, 5) is 12.8. The molecule has 1 heterocycles. The molecule has 0 spiro atoms. The molecule has 0 aromatic rings. The summed E-state index contributed by atoms with van der Waals surface area (Å²) in [6, 6.07) is 0. The van der Waals surface area contributed by atoms with E-state index in [1.807, 2.05) is 6.92 Å². The first-order valence-electron chi connectivity index (χ1n) is 4.69. The van der Waals surface area contributed by atoms with Gasteiger partial charge in [0.15, 0.2) is 0 Å². The second-order valence-electron chi connectivity index (χ2n) is 3.71. The Bertz CT molecular complexity index is 195. The molecule has 74 valence electrons. The summed E-state index contributed by atoms with van der Waals surface area (Å²) in [6.07, 6.45) is 3.08. The fourth-order valence-electron chi connectivity index (χ4n) is 1.63. The molecular weight excluding hydrogens is 186 g/mol. The van der Waals surface area contributed by atoms with Crippen molar-refractivity contribution in [3.63, 3.8) is 0 Å². The third-order valence-corrected chi connectivity index (χ3v) is 2.86. The van der Waals surface area contributed by atoms with Crippen LogP contribution in [0.25, 0.3) is 0 Å². The van der Waals surface area contributed by atoms with Gasteiger partial charge in [0.1, 0.15) is 6.29 Å². The Balaban J connectivity index is 2.29. The normalized spacial score (nSPS) is 21.8. The standard InChI is InChI=1S/C10H16ClNO/c1-9(6-11)7-12-4-2-10(8-13)3-5-12/h6,8,10H,2-5,7H2,1H3. The molecule has 0 radical (unpaired) electrons. The Morgan fingerprint density at radius 1 is 1.54 bits per heavy atom. The van der Waals surface area contributed by atoms with Gasteiger partial charge in [-0.1, -0.05) is 11.6 Å². The molecule has 0 bridgehead atoms. The highest BCUT2D eigenvalue weighted by Gasteiger charge is 2.17. The first-order chi connectivity index (χ1) is 6.26. The molecule has 0 unspecified atom stereocenters. The van der Waals surface area contributed by atoms with Crippen LogP contribution >= 0.6 is 11.6 Å². The van der Waals surface area contributed by atoms with Crippen LogP contribution in [0.1, 0.15) is 19.8 Å². The SMILES string of the molecule is CC(=CCl)CN1CCC(C=O)CC1. The van der Waals surface area contributed by atoms with Gasteiger partial charge in [-0.25, -0.2) is 0 Å². The van der Waals surface area contributed by atoms with Gasteiger partial charge in [-0.05, 0) is 38.4 Å². The van der Waals surface area contributed by atoms with Gasteiger partial charge >= 0.3 is 0 Å². The Hall–Kier alpha value is -0.340. The average Bonchev–Trinajstić information content (AvgIpc) is 2.19. The maximum absolute atomic E-state index is 10.5. The van der Waals surface area contributed by atoms with Gasteiger partial charge < -0.3 is 4.79 Å². The molecule has 0 amide bonds. The van der Waals surface area contributed by atoms with E-state index in [-0.39, 0.29) is 5.92 Å². The van der Waals surface area contributed by atoms with E-state index in [0.717, 1.165) is 38.8 Å². The third kappa shape index (κ3) is 3.49. The highest BCUT2D eigenvalue weighted by Crippen LogP contribution is 2.15. The monoisotopic (exact) mass is 201 g/mol. The lowest BCUT2D eigenvalue weighted by atomic mass is 9.98. The number of piperidine rings is 1. The molecular formula is C10H16ClNO. The predicted molar refractivity (Wildman–Crippen MR) is 54.8 cm³/mol. The van der Waals surface area contributed by atoms with Crippen LogP contribution in [0.3, 0.4) is 0 Å². The van der Waals surface area contributed by atoms with Crippen LogP contribution in [0.15, 0.2) is 11.1 Å². The molecule has 1 rings (SSSR count). The minimum Gasteiger partial charge on any atom is -0.303 e. The molecule has 0 saturated carbocycles. The van der Waals surface area contributed by atoms with Gasteiger partial charge in [0.25, 0.3) is 0 Å². The molecule has 0 aliphatic carbocycles. The van der Waals surface area contributed by atoms with E-state index in [4.69, 9.17) is 11.6 Å². The molecule has 13 heavy (non-hydrogen) atoms. The van der Waals surface area contributed by atoms with Gasteiger partial charge in [0.05, 0.1) is 0 Å². The van der Waals surface area contributed by atoms with Crippen molar-refractivity contribution in [3.05, 3.63) is 11.1 Å². The van der Waals surface area contributed by atoms with E-state index < -0.39 is 0 Å². The number of likely N-dealkylation sites (tertiary alicyclic amines) is 1. The molecule has 0 aromatic carbocycles. The summed E-state index contributed by atoms with van der Waals surface area (Å²) in [6.45, 7) is 5.00. The van der Waals surface area contributed by atoms with Crippen LogP contribution in [0.5, 0.6) is 0 Å². The highest BCUT2D eigenvalue weighted by atomic mass is 35.5. The smallest absolute Gasteiger partial charge is 0.123 e. The highest BCUT2D eigenvalue weighted by molar-refractivity contribution is 6.25. The van der Waals surface area contributed by atoms with Crippen molar-refractivity contribution in [1.82, 2.24) is 4.90 Å². The number of carbonyl (C=O) groups excluding carboxylic acids is 1. The third-order valence-electron chi connectivity index (χ3n) is 2.48. The molecule has 1 aliphatic heterocycles. The van der Waals surface area contributed by atoms with Crippen molar-refractivity contribution in [1.29, 1.82) is 0 Å². The largest absolute Gasteiger partial charge is 0.303 e. The summed E-state index contributed by atoms with van der Waals surface area (Å²) >= 11 is 5.58. The Morgan fingerprint density at radius 3 is 2.62 bits per heavy atom. The number of rotatable bonds is 3. The van der Waals surface area contributed by atoms with E-state index in [1.54, 1.807) is 5.54 Å². The first-order valence-corrected chi connectivity index (χ1v) is 5.13. The molecule has 0 aromatic heterocycles. The van der Waals surface area contributed by atoms with Gasteiger partial charge in [-0.3, -0.25) is 4.90 Å². The van der Waals surface area contributed by atoms with E-state index in [1.165, 1.54) is 5.57 Å². The van der Waals surface area contributed by atoms with E-state index in [0.29, 0.717) is 0 Å². The molecule has 0 N–H and O–H groups in total. The quantitative estimate of drug-likeness (QED) is 0.652. The number of carbonyl (C=O) groups is 1. The van der Waals surface area contributed by atoms with Crippen LogP contribution in [0.4, 0.5) is 0 Å². The summed E-state index contributed by atoms with van der Waals surface area (Å²) in [5.41, 5.74) is 2.82. The lowest BCUT2D eigenvalue weighted by molar-refractivity contribution is -0.112. The number of hydrogen-bond donors (Lipinski definition) is 0. The zero-order valence-corrected chi connectivity index (χ0v) is 8.76. The van der Waals surface area contributed by atoms with Gasteiger partial charge in [-0.15, -0.1) is 0 Å². The molecule has 1 saturated heterocycles. The van der Waals surface area contributed by atoms with Gasteiger partial charge in [-0.2, -0.15) is 0 Å². The fraction of sp³-hybridized carbons (Fsp3) is 0.700. The van der Waals surface area contributed by atoms with Crippen molar-refractivity contribution in [2.45, 2.75) is 19.8 Å². The second kappa shape index (κ2) is 5.40. The minimum absolute atomic E-state index is 0.288. The van der Waals surface area contributed by atoms with Crippen LogP contribution in [-0.2, 0) is 4.79 Å². The Labute approximate surface area is 84.6 Å². The molecule has 0 atom stereocenters. The molecule has 1 aliphatic rings. The van der Waals surface area contributed by atoms with Crippen molar-refractivity contribution in [2.75, 3.05) is 19.6 Å². The predicted octanol–water partition coefficient (Wildman–Crippen LogP) is 2.04. The second-order valence-corrected chi connectivity index (χ2v) is 3.92. The number of nitrogens with zero attached hydrogens (tertiary/aromatic N) is 1. The van der Waals surface area contributed by atoms with E-state index >= 15 is 0 Å². The lowest BCUT2D eigenvalue weighted by Gasteiger charge is -2.29. The Morgan fingerprint density at radius 2 is 2.15 bits per heavy atom. The summed E-state index contributed by atoms with van der Waals surface area (Å²) in [7, 11) is 0. The number of halogens is 1. The van der Waals surface area contributed by atoms with Crippen LogP contribution in [0, 0.1) is 5.92 Å². The zero-order chi connectivity index (χ0) is 9.68. The number of aldehydes is 1. The first kappa shape index (κ1) is 10.7. The summed E-state index contributed by atoms with van der Waals surface area (Å²) in [5, 5.41) is 0. The van der Waals surface area contributed by atoms with E-state index in [2.05, 4.69) is 4.90 Å². The lowest BCUT2D eigenvalue weighted by Crippen LogP contribution is -2.35. The van der Waals surface area contributed by atoms with E-state index in [9.17, 15) is 4.79 Å². The van der Waals surface area contributed by atoms with Crippen molar-refractivity contribution in [2.24, 2.45) is 5.92 Å². The minimum atomic E-state index is 0.288. The average molecular weight is 202 g/mol. The van der Waals surface area contributed by atoms with Crippen LogP contribution < -0.4 is 0 Å². The topological polar surface area (TPSA) is 20.3 Å². The maximum Gasteiger partial charge on any atom is 0.123 e. The molecule has 3 heteroatoms. The van der Waals surface area contributed by atoms with Gasteiger partial charge in [0.2, 0.25) is 0 Å². The van der Waals surface area contributed by atoms with Crippen LogP contribution in [0.2, 0.25) is 0 Å². The zero-order valence-electron chi connectivity index (χ0n) is 8.00. The van der Waals surface area contributed by atoms with Crippen LogP contribution in [-0.4, -0.2) is 30.8 Å². The summed E-state index contributed by atoms with van der Waals surface area (Å²) in [5.74, 6) is 0.288. The van der Waals surface area contributed by atoms with Crippen molar-refractivity contribution >= 4 is 17.9 Å².